The Kier molecular flexibility index (Phi) is 3.71. The molecule has 0 heterocycles. The summed E-state index contributed by atoms with van der Waals surface area (Å²) in [5, 5.41) is 15.4. The molecule has 0 aliphatic carbocycles. The van der Waals surface area contributed by atoms with Crippen LogP contribution in [0.25, 0.3) is 0 Å². The van der Waals surface area contributed by atoms with Crippen molar-refractivity contribution in [2.45, 2.75) is 6.61 Å². The van der Waals surface area contributed by atoms with Gasteiger partial charge in [0.15, 0.2) is 0 Å². The fourth-order valence-corrected chi connectivity index (χ4v) is 0.154. The van der Waals surface area contributed by atoms with Crippen LogP contribution in [-0.4, -0.2) is 16.8 Å². The van der Waals surface area contributed by atoms with Crippen LogP contribution >= 0.6 is 0 Å². The maximum absolute atomic E-state index is 11.1. The Labute approximate surface area is 58.3 Å². The van der Waals surface area contributed by atoms with E-state index in [0.717, 1.165) is 6.19 Å². The quantitative estimate of drug-likeness (QED) is 0.194. The van der Waals surface area contributed by atoms with E-state index in [1.807, 2.05) is 0 Å². The Hall–Kier alpha value is -1.53. The number of halogens is 2. The number of nitrogens with zero attached hydrogens (tertiary/aromatic N) is 3. The van der Waals surface area contributed by atoms with E-state index >= 15 is 0 Å². The van der Waals surface area contributed by atoms with Gasteiger partial charge in [0.05, 0.1) is 0 Å². The predicted molar refractivity (Wildman–Crippen MR) is 22.6 cm³/mol. The number of alkyl halides is 2. The van der Waals surface area contributed by atoms with Crippen LogP contribution in [-0.2, 0) is 9.88 Å². The SMILES string of the molecule is N#CN(OOC(F)F)[N+](=O)[O-]. The Morgan fingerprint density at radius 3 is 2.55 bits per heavy atom. The highest BCUT2D eigenvalue weighted by molar-refractivity contribution is 4.51. The molecular formula is C2HF2N3O4. The standard InChI is InChI=1S/C2HF2N3O4/c3-2(4)10-11-6(1-5)7(8)9/h2H. The van der Waals surface area contributed by atoms with E-state index in [2.05, 4.69) is 9.88 Å². The molecule has 0 aromatic rings. The Balaban J connectivity index is 3.73. The molecule has 62 valence electrons. The summed E-state index contributed by atoms with van der Waals surface area (Å²) >= 11 is 0. The molecule has 11 heavy (non-hydrogen) atoms. The van der Waals surface area contributed by atoms with E-state index in [-0.39, 0.29) is 0 Å². The van der Waals surface area contributed by atoms with Crippen LogP contribution in [0.1, 0.15) is 0 Å². The van der Waals surface area contributed by atoms with Crippen LogP contribution in [0.2, 0.25) is 0 Å². The third-order valence-electron chi connectivity index (χ3n) is 0.420. The summed E-state index contributed by atoms with van der Waals surface area (Å²) in [5.41, 5.74) is 0. The molecular weight excluding hydrogens is 168 g/mol. The molecule has 0 saturated heterocycles. The lowest BCUT2D eigenvalue weighted by Gasteiger charge is -2.00. The number of hydroxylamine groups is 1. The van der Waals surface area contributed by atoms with E-state index in [1.165, 1.54) is 0 Å². The molecule has 9 heteroatoms. The number of hydrogen-bond acceptors (Lipinski definition) is 5. The van der Waals surface area contributed by atoms with Gasteiger partial charge in [0.1, 0.15) is 5.17 Å². The lowest BCUT2D eigenvalue weighted by atomic mass is 11.4. The lowest BCUT2D eigenvalue weighted by molar-refractivity contribution is -0.763. The highest BCUT2D eigenvalue weighted by Crippen LogP contribution is 1.97. The van der Waals surface area contributed by atoms with Crippen molar-refractivity contribution in [2.75, 3.05) is 0 Å². The molecule has 0 aromatic heterocycles. The van der Waals surface area contributed by atoms with Crippen molar-refractivity contribution < 1.29 is 23.7 Å². The zero-order chi connectivity index (χ0) is 8.85. The van der Waals surface area contributed by atoms with E-state index in [1.54, 1.807) is 0 Å². The molecule has 0 radical (unpaired) electrons. The fraction of sp³-hybridized carbons (Fsp3) is 0.500. The second-order valence-electron chi connectivity index (χ2n) is 1.04. The van der Waals surface area contributed by atoms with Gasteiger partial charge in [-0.3, -0.25) is 0 Å². The summed E-state index contributed by atoms with van der Waals surface area (Å²) in [6.45, 7) is -3.34. The molecule has 0 spiro atoms. The van der Waals surface area contributed by atoms with Gasteiger partial charge in [0, 0.05) is 0 Å². The predicted octanol–water partition coefficient (Wildman–Crippen LogP) is 0.0470. The topological polar surface area (TPSA) is 88.6 Å². The van der Waals surface area contributed by atoms with Crippen LogP contribution in [0, 0.1) is 21.6 Å². The smallest absolute Gasteiger partial charge is 0.232 e. The molecule has 0 atom stereocenters. The first kappa shape index (κ1) is 9.47. The molecule has 7 nitrogen and oxygen atoms in total. The van der Waals surface area contributed by atoms with Gasteiger partial charge in [-0.1, -0.05) is 0 Å². The number of nitriles is 1. The molecule has 0 N–H and O–H groups in total. The van der Waals surface area contributed by atoms with Crippen LogP contribution in [0.15, 0.2) is 0 Å². The second-order valence-corrected chi connectivity index (χ2v) is 1.04. The molecule has 0 rings (SSSR count). The number of rotatable bonds is 4. The second kappa shape index (κ2) is 4.31. The molecule has 0 amide bonds. The summed E-state index contributed by atoms with van der Waals surface area (Å²) in [6, 6.07) is 0. The molecule has 0 saturated carbocycles. The summed E-state index contributed by atoms with van der Waals surface area (Å²) in [6.07, 6.45) is 0.811. The summed E-state index contributed by atoms with van der Waals surface area (Å²) in [4.78, 5) is 15.8. The van der Waals surface area contributed by atoms with Gasteiger partial charge in [-0.15, -0.1) is 4.89 Å². The van der Waals surface area contributed by atoms with Gasteiger partial charge in [-0.25, -0.2) is 10.1 Å². The third kappa shape index (κ3) is 3.95. The van der Waals surface area contributed by atoms with E-state index in [4.69, 9.17) is 5.26 Å². The van der Waals surface area contributed by atoms with Crippen molar-refractivity contribution in [3.8, 4) is 6.19 Å². The molecule has 0 aromatic carbocycles. The minimum absolute atomic E-state index is 0.661. The Morgan fingerprint density at radius 1 is 1.73 bits per heavy atom. The zero-order valence-corrected chi connectivity index (χ0v) is 4.81. The number of hydrazine groups is 1. The molecule has 0 bridgehead atoms. The summed E-state index contributed by atoms with van der Waals surface area (Å²) < 4.78 is 22.2. The third-order valence-corrected chi connectivity index (χ3v) is 0.420. The molecule has 0 aliphatic heterocycles. The average Bonchev–Trinajstić information content (AvgIpc) is 1.87. The maximum atomic E-state index is 11.1. The van der Waals surface area contributed by atoms with Crippen molar-refractivity contribution in [1.82, 2.24) is 5.17 Å². The molecule has 0 aliphatic rings. The van der Waals surface area contributed by atoms with Crippen molar-refractivity contribution in [2.24, 2.45) is 0 Å². The van der Waals surface area contributed by atoms with Gasteiger partial charge >= 0.3 is 6.61 Å². The van der Waals surface area contributed by atoms with E-state index < -0.39 is 16.8 Å². The van der Waals surface area contributed by atoms with Crippen molar-refractivity contribution in [3.05, 3.63) is 10.1 Å². The maximum Gasteiger partial charge on any atom is 0.374 e. The Bertz CT molecular complexity index is 179. The minimum atomic E-state index is -3.34. The molecule has 0 fully saturated rings. The van der Waals surface area contributed by atoms with Gasteiger partial charge in [0.2, 0.25) is 5.03 Å². The largest absolute Gasteiger partial charge is 0.374 e. The number of nitro groups is 1. The summed E-state index contributed by atoms with van der Waals surface area (Å²) in [7, 11) is 0. The molecule has 0 unspecified atom stereocenters. The Morgan fingerprint density at radius 2 is 2.27 bits per heavy atom. The van der Waals surface area contributed by atoms with Crippen molar-refractivity contribution >= 4 is 0 Å². The van der Waals surface area contributed by atoms with E-state index in [9.17, 15) is 18.9 Å². The summed E-state index contributed by atoms with van der Waals surface area (Å²) in [5.74, 6) is 0. The monoisotopic (exact) mass is 169 g/mol. The van der Waals surface area contributed by atoms with Crippen molar-refractivity contribution in [3.63, 3.8) is 0 Å². The fourth-order valence-electron chi connectivity index (χ4n) is 0.154. The van der Waals surface area contributed by atoms with Crippen LogP contribution < -0.4 is 0 Å². The van der Waals surface area contributed by atoms with Crippen LogP contribution in [0.3, 0.4) is 0 Å². The normalized spacial score (nSPS) is 9.27. The first-order valence-corrected chi connectivity index (χ1v) is 2.03. The van der Waals surface area contributed by atoms with Gasteiger partial charge in [-0.2, -0.15) is 14.0 Å². The number of hydrogen-bond donors (Lipinski definition) is 0. The van der Waals surface area contributed by atoms with Crippen LogP contribution in [0.5, 0.6) is 0 Å². The highest BCUT2D eigenvalue weighted by Gasteiger charge is 2.18. The first-order valence-electron chi connectivity index (χ1n) is 2.03. The van der Waals surface area contributed by atoms with Gasteiger partial charge in [0.25, 0.3) is 6.19 Å². The highest BCUT2D eigenvalue weighted by atomic mass is 19.3. The van der Waals surface area contributed by atoms with Gasteiger partial charge < -0.3 is 0 Å². The zero-order valence-electron chi connectivity index (χ0n) is 4.81. The minimum Gasteiger partial charge on any atom is -0.232 e. The van der Waals surface area contributed by atoms with E-state index in [0.29, 0.717) is 0 Å². The average molecular weight is 169 g/mol. The van der Waals surface area contributed by atoms with Crippen molar-refractivity contribution in [1.29, 1.82) is 5.26 Å². The van der Waals surface area contributed by atoms with Gasteiger partial charge in [-0.05, 0) is 4.99 Å². The lowest BCUT2D eigenvalue weighted by Crippen LogP contribution is -2.26. The van der Waals surface area contributed by atoms with Crippen LogP contribution in [0.4, 0.5) is 8.78 Å². The first-order chi connectivity index (χ1) is 5.07.